The van der Waals surface area contributed by atoms with Crippen LogP contribution in [0.2, 0.25) is 5.15 Å². The Bertz CT molecular complexity index is 773. The molecule has 0 amide bonds. The fraction of sp³-hybridized carbons (Fsp3) is 0.211. The van der Waals surface area contributed by atoms with Crippen LogP contribution in [0.5, 0.6) is 0 Å². The molecule has 24 heavy (non-hydrogen) atoms. The molecule has 2 aromatic heterocycles. The Kier molecular flexibility index (Phi) is 5.64. The quantitative estimate of drug-likeness (QED) is 0.668. The van der Waals surface area contributed by atoms with E-state index in [1.54, 1.807) is 6.20 Å². The number of aliphatic hydroxyl groups is 1. The fourth-order valence-electron chi connectivity index (χ4n) is 2.76. The molecule has 4 nitrogen and oxygen atoms in total. The highest BCUT2D eigenvalue weighted by molar-refractivity contribution is 6.31. The Hall–Kier alpha value is -2.14. The van der Waals surface area contributed by atoms with E-state index in [2.05, 4.69) is 28.1 Å². The van der Waals surface area contributed by atoms with Crippen LogP contribution in [-0.2, 0) is 13.1 Å². The van der Waals surface area contributed by atoms with Gasteiger partial charge >= 0.3 is 0 Å². The van der Waals surface area contributed by atoms with Gasteiger partial charge in [0.1, 0.15) is 0 Å². The van der Waals surface area contributed by atoms with Crippen molar-refractivity contribution in [1.82, 2.24) is 14.5 Å². The van der Waals surface area contributed by atoms with Gasteiger partial charge < -0.3 is 9.67 Å². The first-order chi connectivity index (χ1) is 11.8. The van der Waals surface area contributed by atoms with E-state index in [4.69, 9.17) is 11.6 Å². The lowest BCUT2D eigenvalue weighted by Gasteiger charge is -2.22. The first-order valence-corrected chi connectivity index (χ1v) is 8.30. The standard InChI is InChI=1S/C19H20ClN3O/c20-19-18(9-4-10-21-19)23-11-5-8-17(23)15-22(12-13-24)14-16-6-2-1-3-7-16/h1-11,24H,12-15H2. The van der Waals surface area contributed by atoms with Crippen molar-refractivity contribution in [2.45, 2.75) is 13.1 Å². The molecular weight excluding hydrogens is 322 g/mol. The summed E-state index contributed by atoms with van der Waals surface area (Å²) in [5.41, 5.74) is 3.19. The number of benzene rings is 1. The summed E-state index contributed by atoms with van der Waals surface area (Å²) in [5, 5.41) is 9.87. The van der Waals surface area contributed by atoms with Gasteiger partial charge in [-0.3, -0.25) is 4.90 Å². The normalized spacial score (nSPS) is 11.1. The van der Waals surface area contributed by atoms with Gasteiger partial charge in [0.2, 0.25) is 0 Å². The second kappa shape index (κ2) is 8.11. The molecule has 124 valence electrons. The highest BCUT2D eigenvalue weighted by atomic mass is 35.5. The molecule has 0 aliphatic heterocycles. The number of rotatable bonds is 7. The predicted octanol–water partition coefficient (Wildman–Crippen LogP) is 3.52. The molecule has 0 fully saturated rings. The van der Waals surface area contributed by atoms with E-state index in [1.165, 1.54) is 5.56 Å². The number of aromatic nitrogens is 2. The number of aliphatic hydroxyl groups excluding tert-OH is 1. The zero-order valence-electron chi connectivity index (χ0n) is 13.3. The number of hydrogen-bond donors (Lipinski definition) is 1. The lowest BCUT2D eigenvalue weighted by atomic mass is 10.2. The molecule has 0 radical (unpaired) electrons. The molecule has 0 aliphatic carbocycles. The number of halogens is 1. The molecule has 0 saturated heterocycles. The maximum Gasteiger partial charge on any atom is 0.152 e. The molecule has 5 heteroatoms. The van der Waals surface area contributed by atoms with Crippen LogP contribution in [0.3, 0.4) is 0 Å². The van der Waals surface area contributed by atoms with Gasteiger partial charge in [0.15, 0.2) is 5.15 Å². The second-order valence-electron chi connectivity index (χ2n) is 5.60. The number of nitrogens with zero attached hydrogens (tertiary/aromatic N) is 3. The largest absolute Gasteiger partial charge is 0.395 e. The topological polar surface area (TPSA) is 41.3 Å². The van der Waals surface area contributed by atoms with E-state index < -0.39 is 0 Å². The fourth-order valence-corrected chi connectivity index (χ4v) is 2.97. The smallest absolute Gasteiger partial charge is 0.152 e. The first-order valence-electron chi connectivity index (χ1n) is 7.92. The van der Waals surface area contributed by atoms with Crippen molar-refractivity contribution in [2.24, 2.45) is 0 Å². The lowest BCUT2D eigenvalue weighted by molar-refractivity contribution is 0.182. The van der Waals surface area contributed by atoms with Gasteiger partial charge in [0.05, 0.1) is 12.3 Å². The molecule has 0 saturated carbocycles. The van der Waals surface area contributed by atoms with Gasteiger partial charge in [0.25, 0.3) is 0 Å². The highest BCUT2D eigenvalue weighted by Crippen LogP contribution is 2.21. The van der Waals surface area contributed by atoms with Gasteiger partial charge in [-0.05, 0) is 29.8 Å². The van der Waals surface area contributed by atoms with Crippen molar-refractivity contribution in [1.29, 1.82) is 0 Å². The zero-order chi connectivity index (χ0) is 16.8. The Morgan fingerprint density at radius 3 is 2.58 bits per heavy atom. The van der Waals surface area contributed by atoms with Crippen LogP contribution in [0.25, 0.3) is 5.69 Å². The third-order valence-corrected chi connectivity index (χ3v) is 4.17. The van der Waals surface area contributed by atoms with E-state index in [9.17, 15) is 5.11 Å². The van der Waals surface area contributed by atoms with Gasteiger partial charge in [-0.25, -0.2) is 4.98 Å². The third kappa shape index (κ3) is 4.03. The van der Waals surface area contributed by atoms with Gasteiger partial charge in [-0.15, -0.1) is 0 Å². The molecule has 0 unspecified atom stereocenters. The maximum atomic E-state index is 9.39. The molecule has 0 aliphatic rings. The molecule has 0 atom stereocenters. The van der Waals surface area contributed by atoms with Crippen molar-refractivity contribution in [2.75, 3.05) is 13.2 Å². The van der Waals surface area contributed by atoms with Crippen LogP contribution < -0.4 is 0 Å². The van der Waals surface area contributed by atoms with Crippen molar-refractivity contribution >= 4 is 11.6 Å². The molecule has 2 heterocycles. The van der Waals surface area contributed by atoms with Crippen molar-refractivity contribution in [3.05, 3.63) is 83.4 Å². The molecule has 3 rings (SSSR count). The Morgan fingerprint density at radius 1 is 1.00 bits per heavy atom. The number of pyridine rings is 1. The highest BCUT2D eigenvalue weighted by Gasteiger charge is 2.12. The molecule has 0 bridgehead atoms. The monoisotopic (exact) mass is 341 g/mol. The van der Waals surface area contributed by atoms with E-state index in [1.807, 2.05) is 47.2 Å². The van der Waals surface area contributed by atoms with E-state index in [0.717, 1.165) is 17.9 Å². The Labute approximate surface area is 147 Å². The SMILES string of the molecule is OCCN(Cc1ccccc1)Cc1cccn1-c1cccnc1Cl. The molecule has 0 spiro atoms. The van der Waals surface area contributed by atoms with Gasteiger partial charge in [0, 0.05) is 37.7 Å². The maximum absolute atomic E-state index is 9.39. The minimum absolute atomic E-state index is 0.126. The van der Waals surface area contributed by atoms with Crippen molar-refractivity contribution < 1.29 is 5.11 Å². The van der Waals surface area contributed by atoms with E-state index >= 15 is 0 Å². The average Bonchev–Trinajstić information content (AvgIpc) is 3.04. The van der Waals surface area contributed by atoms with Crippen LogP contribution in [0, 0.1) is 0 Å². The van der Waals surface area contributed by atoms with Crippen LogP contribution in [0.15, 0.2) is 67.0 Å². The number of hydrogen-bond acceptors (Lipinski definition) is 3. The van der Waals surface area contributed by atoms with Crippen LogP contribution >= 0.6 is 11.6 Å². The average molecular weight is 342 g/mol. The molecule has 1 N–H and O–H groups in total. The summed E-state index contributed by atoms with van der Waals surface area (Å²) in [7, 11) is 0. The van der Waals surface area contributed by atoms with Crippen LogP contribution in [0.4, 0.5) is 0 Å². The molecule has 3 aromatic rings. The summed E-state index contributed by atoms with van der Waals surface area (Å²) in [5.74, 6) is 0. The zero-order valence-corrected chi connectivity index (χ0v) is 14.1. The summed E-state index contributed by atoms with van der Waals surface area (Å²) in [4.78, 5) is 6.36. The molecule has 1 aromatic carbocycles. The van der Waals surface area contributed by atoms with Crippen molar-refractivity contribution in [3.8, 4) is 5.69 Å². The van der Waals surface area contributed by atoms with Gasteiger partial charge in [-0.2, -0.15) is 0 Å². The summed E-state index contributed by atoms with van der Waals surface area (Å²) in [6, 6.07) is 18.2. The lowest BCUT2D eigenvalue weighted by Crippen LogP contribution is -2.27. The summed E-state index contributed by atoms with van der Waals surface area (Å²) >= 11 is 6.23. The van der Waals surface area contributed by atoms with Gasteiger partial charge in [-0.1, -0.05) is 41.9 Å². The Balaban J connectivity index is 1.81. The summed E-state index contributed by atoms with van der Waals surface area (Å²) in [6.07, 6.45) is 3.67. The minimum Gasteiger partial charge on any atom is -0.395 e. The third-order valence-electron chi connectivity index (χ3n) is 3.88. The van der Waals surface area contributed by atoms with Crippen molar-refractivity contribution in [3.63, 3.8) is 0 Å². The Morgan fingerprint density at radius 2 is 1.83 bits per heavy atom. The predicted molar refractivity (Wildman–Crippen MR) is 96.2 cm³/mol. The van der Waals surface area contributed by atoms with E-state index in [0.29, 0.717) is 18.2 Å². The molecular formula is C19H20ClN3O. The first kappa shape index (κ1) is 16.7. The minimum atomic E-state index is 0.126. The van der Waals surface area contributed by atoms with E-state index in [-0.39, 0.29) is 6.61 Å². The summed E-state index contributed by atoms with van der Waals surface area (Å²) < 4.78 is 2.05. The van der Waals surface area contributed by atoms with Crippen LogP contribution in [-0.4, -0.2) is 32.7 Å². The van der Waals surface area contributed by atoms with Crippen LogP contribution in [0.1, 0.15) is 11.3 Å². The second-order valence-corrected chi connectivity index (χ2v) is 5.96. The summed E-state index contributed by atoms with van der Waals surface area (Å²) in [6.45, 7) is 2.24.